The zero-order valence-corrected chi connectivity index (χ0v) is 19.8. The molecule has 0 unspecified atom stereocenters. The minimum Gasteiger partial charge on any atom is -0.444 e. The van der Waals surface area contributed by atoms with E-state index in [-0.39, 0.29) is 30.1 Å². The molecule has 2 saturated carbocycles. The van der Waals surface area contributed by atoms with Crippen LogP contribution in [0.1, 0.15) is 46.5 Å². The van der Waals surface area contributed by atoms with Gasteiger partial charge in [0, 0.05) is 46.4 Å². The molecular weight excluding hydrogens is 459 g/mol. The number of guanidine groups is 1. The van der Waals surface area contributed by atoms with Crippen LogP contribution in [0.5, 0.6) is 0 Å². The van der Waals surface area contributed by atoms with Crippen molar-refractivity contribution < 1.29 is 14.3 Å². The average molecular weight is 496 g/mol. The molecule has 0 aliphatic heterocycles. The van der Waals surface area contributed by atoms with Crippen LogP contribution in [0.25, 0.3) is 0 Å². The van der Waals surface area contributed by atoms with Gasteiger partial charge in [-0.25, -0.2) is 4.79 Å². The predicted molar refractivity (Wildman–Crippen MR) is 119 cm³/mol. The van der Waals surface area contributed by atoms with Crippen LogP contribution in [0.4, 0.5) is 4.79 Å². The third kappa shape index (κ3) is 9.82. The summed E-state index contributed by atoms with van der Waals surface area (Å²) in [5, 5.41) is 3.33. The van der Waals surface area contributed by atoms with Crippen molar-refractivity contribution in [1.29, 1.82) is 0 Å². The number of carbonyl (C=O) groups is 1. The van der Waals surface area contributed by atoms with Gasteiger partial charge in [0.05, 0.1) is 6.61 Å². The zero-order chi connectivity index (χ0) is 19.2. The Morgan fingerprint density at radius 2 is 1.85 bits per heavy atom. The zero-order valence-electron chi connectivity index (χ0n) is 17.5. The summed E-state index contributed by atoms with van der Waals surface area (Å²) in [7, 11) is 3.78. The van der Waals surface area contributed by atoms with Gasteiger partial charge in [-0.15, -0.1) is 24.0 Å². The lowest BCUT2D eigenvalue weighted by molar-refractivity contribution is 0.0237. The molecule has 2 fully saturated rings. The number of halogens is 1. The van der Waals surface area contributed by atoms with Gasteiger partial charge in [-0.2, -0.15) is 0 Å². The molecule has 2 rings (SSSR count). The third-order valence-electron chi connectivity index (χ3n) is 4.45. The minimum atomic E-state index is -0.464. The number of likely N-dealkylation sites (N-methyl/N-ethyl adjacent to an activating group) is 1. The van der Waals surface area contributed by atoms with E-state index in [2.05, 4.69) is 15.2 Å². The van der Waals surface area contributed by atoms with Gasteiger partial charge >= 0.3 is 6.09 Å². The van der Waals surface area contributed by atoms with Crippen LogP contribution in [-0.4, -0.2) is 80.4 Å². The molecule has 0 aromatic rings. The highest BCUT2D eigenvalue weighted by Gasteiger charge is 2.34. The first-order chi connectivity index (χ1) is 12.3. The van der Waals surface area contributed by atoms with E-state index in [1.165, 1.54) is 12.8 Å². The normalized spacial score (nSPS) is 17.1. The average Bonchev–Trinajstić information content (AvgIpc) is 3.43. The van der Waals surface area contributed by atoms with E-state index in [9.17, 15) is 4.79 Å². The Morgan fingerprint density at radius 3 is 2.37 bits per heavy atom. The summed E-state index contributed by atoms with van der Waals surface area (Å²) < 4.78 is 11.2. The number of ether oxygens (including phenoxy) is 2. The van der Waals surface area contributed by atoms with E-state index in [1.807, 2.05) is 32.7 Å². The summed E-state index contributed by atoms with van der Waals surface area (Å²) in [5.74, 6) is 1.61. The fraction of sp³-hybridized carbons (Fsp3) is 0.895. The van der Waals surface area contributed by atoms with E-state index >= 15 is 0 Å². The fourth-order valence-electron chi connectivity index (χ4n) is 2.64. The number of aliphatic imine (C=N–C) groups is 1. The predicted octanol–water partition coefficient (Wildman–Crippen LogP) is 2.94. The van der Waals surface area contributed by atoms with Gasteiger partial charge in [0.1, 0.15) is 5.60 Å². The van der Waals surface area contributed by atoms with Gasteiger partial charge in [0.15, 0.2) is 5.96 Å². The van der Waals surface area contributed by atoms with Crippen LogP contribution in [-0.2, 0) is 9.47 Å². The number of nitrogens with one attached hydrogen (secondary N) is 1. The Bertz CT molecular complexity index is 488. The lowest BCUT2D eigenvalue weighted by Gasteiger charge is -2.28. The topological polar surface area (TPSA) is 66.4 Å². The molecule has 1 amide bonds. The third-order valence-corrected chi connectivity index (χ3v) is 4.45. The van der Waals surface area contributed by atoms with Gasteiger partial charge in [-0.3, -0.25) is 4.99 Å². The molecule has 0 spiro atoms. The second-order valence-electron chi connectivity index (χ2n) is 8.32. The van der Waals surface area contributed by atoms with Crippen LogP contribution in [0.15, 0.2) is 4.99 Å². The molecular formula is C19H37IN4O3. The van der Waals surface area contributed by atoms with Crippen molar-refractivity contribution >= 4 is 36.0 Å². The lowest BCUT2D eigenvalue weighted by atomic mass is 10.2. The van der Waals surface area contributed by atoms with Crippen molar-refractivity contribution in [3.8, 4) is 0 Å². The number of hydrogen-bond acceptors (Lipinski definition) is 4. The first-order valence-corrected chi connectivity index (χ1v) is 9.79. The summed E-state index contributed by atoms with van der Waals surface area (Å²) in [6.45, 7) is 9.35. The highest BCUT2D eigenvalue weighted by Crippen LogP contribution is 2.29. The van der Waals surface area contributed by atoms with Crippen molar-refractivity contribution in [3.63, 3.8) is 0 Å². The molecule has 0 radical (unpaired) electrons. The molecule has 1 N–H and O–H groups in total. The number of rotatable bonds is 9. The highest BCUT2D eigenvalue weighted by atomic mass is 127. The second kappa shape index (κ2) is 11.3. The van der Waals surface area contributed by atoms with E-state index in [0.717, 1.165) is 37.9 Å². The monoisotopic (exact) mass is 496 g/mol. The van der Waals surface area contributed by atoms with Gasteiger partial charge in [-0.05, 0) is 52.4 Å². The van der Waals surface area contributed by atoms with Crippen molar-refractivity contribution in [2.45, 2.75) is 58.1 Å². The van der Waals surface area contributed by atoms with E-state index in [4.69, 9.17) is 9.47 Å². The standard InChI is InChI=1S/C19H36N4O3.HI/c1-19(2,3)26-18(24)23(16-8-9-16)11-10-21-17(20-4)22(5)12-13-25-14-15-6-7-15;/h15-16H,6-14H2,1-5H3,(H,20,21);1H. The lowest BCUT2D eigenvalue weighted by Crippen LogP contribution is -2.46. The number of carbonyl (C=O) groups excluding carboxylic acids is 1. The number of nitrogens with zero attached hydrogens (tertiary/aromatic N) is 3. The van der Waals surface area contributed by atoms with Crippen molar-refractivity contribution in [2.24, 2.45) is 10.9 Å². The Labute approximate surface area is 181 Å². The molecule has 0 saturated heterocycles. The molecule has 2 aliphatic carbocycles. The summed E-state index contributed by atoms with van der Waals surface area (Å²) in [6.07, 6.45) is 4.53. The van der Waals surface area contributed by atoms with Crippen LogP contribution >= 0.6 is 24.0 Å². The van der Waals surface area contributed by atoms with Crippen LogP contribution in [0, 0.1) is 5.92 Å². The molecule has 158 valence electrons. The summed E-state index contributed by atoms with van der Waals surface area (Å²) in [5.41, 5.74) is -0.464. The van der Waals surface area contributed by atoms with Crippen molar-refractivity contribution in [3.05, 3.63) is 0 Å². The molecule has 27 heavy (non-hydrogen) atoms. The molecule has 7 nitrogen and oxygen atoms in total. The molecule has 0 heterocycles. The van der Waals surface area contributed by atoms with Gasteiger partial charge in [-0.1, -0.05) is 0 Å². The largest absolute Gasteiger partial charge is 0.444 e. The minimum absolute atomic E-state index is 0. The van der Waals surface area contributed by atoms with Crippen molar-refractivity contribution in [1.82, 2.24) is 15.1 Å². The summed E-state index contributed by atoms with van der Waals surface area (Å²) in [6, 6.07) is 0.321. The van der Waals surface area contributed by atoms with Crippen molar-refractivity contribution in [2.75, 3.05) is 46.9 Å². The van der Waals surface area contributed by atoms with Crippen LogP contribution < -0.4 is 5.32 Å². The Morgan fingerprint density at radius 1 is 1.19 bits per heavy atom. The Balaban J connectivity index is 0.00000364. The van der Waals surface area contributed by atoms with E-state index < -0.39 is 5.60 Å². The smallest absolute Gasteiger partial charge is 0.410 e. The van der Waals surface area contributed by atoms with Crippen LogP contribution in [0.3, 0.4) is 0 Å². The Hall–Kier alpha value is -0.770. The van der Waals surface area contributed by atoms with Gasteiger partial charge < -0.3 is 24.6 Å². The van der Waals surface area contributed by atoms with Crippen LogP contribution in [0.2, 0.25) is 0 Å². The first-order valence-electron chi connectivity index (χ1n) is 9.79. The number of hydrogen-bond donors (Lipinski definition) is 1. The second-order valence-corrected chi connectivity index (χ2v) is 8.32. The molecule has 0 aromatic carbocycles. The molecule has 0 atom stereocenters. The van der Waals surface area contributed by atoms with Gasteiger partial charge in [0.25, 0.3) is 0 Å². The summed E-state index contributed by atoms with van der Waals surface area (Å²) in [4.78, 5) is 20.6. The van der Waals surface area contributed by atoms with E-state index in [0.29, 0.717) is 25.7 Å². The SMILES string of the molecule is CN=C(NCCN(C(=O)OC(C)(C)C)C1CC1)N(C)CCOCC1CC1.I. The summed E-state index contributed by atoms with van der Waals surface area (Å²) >= 11 is 0. The molecule has 8 heteroatoms. The fourth-order valence-corrected chi connectivity index (χ4v) is 2.64. The quantitative estimate of drug-likeness (QED) is 0.230. The molecule has 2 aliphatic rings. The Kier molecular flexibility index (Phi) is 10.1. The highest BCUT2D eigenvalue weighted by molar-refractivity contribution is 14.0. The number of amides is 1. The first kappa shape index (κ1) is 24.3. The maximum atomic E-state index is 12.4. The maximum Gasteiger partial charge on any atom is 0.410 e. The van der Waals surface area contributed by atoms with E-state index in [1.54, 1.807) is 7.05 Å². The van der Waals surface area contributed by atoms with Gasteiger partial charge in [0.2, 0.25) is 0 Å². The molecule has 0 aromatic heterocycles. The molecule has 0 bridgehead atoms. The maximum absolute atomic E-state index is 12.4.